The smallest absolute Gasteiger partial charge is 0.234 e. The first kappa shape index (κ1) is 21.5. The predicted octanol–water partition coefficient (Wildman–Crippen LogP) is 6.57. The second-order valence-electron chi connectivity index (χ2n) is 5.96. The van der Waals surface area contributed by atoms with Gasteiger partial charge < -0.3 is 9.73 Å². The average molecular weight is 525 g/mol. The number of halogens is 4. The summed E-state index contributed by atoms with van der Waals surface area (Å²) < 4.78 is 8.10. The lowest BCUT2D eigenvalue weighted by atomic mass is 10.3. The normalized spacial score (nSPS) is 11.2. The lowest BCUT2D eigenvalue weighted by Gasteiger charge is -2.13. The fourth-order valence-corrected chi connectivity index (χ4v) is 4.15. The third-order valence-electron chi connectivity index (χ3n) is 3.59. The summed E-state index contributed by atoms with van der Waals surface area (Å²) >= 11 is 22.5. The molecule has 0 radical (unpaired) electrons. The molecule has 1 N–H and O–H groups in total. The molecule has 0 saturated heterocycles. The number of carbonyl (C=O) groups excluding carboxylic acids is 1. The number of hydrogen-bond acceptors (Lipinski definition) is 5. The molecule has 28 heavy (non-hydrogen) atoms. The van der Waals surface area contributed by atoms with E-state index in [-0.39, 0.29) is 17.7 Å². The molecule has 2 heterocycles. The first-order valence-corrected chi connectivity index (χ1v) is 10.9. The van der Waals surface area contributed by atoms with Crippen molar-refractivity contribution in [3.05, 3.63) is 44.0 Å². The zero-order chi connectivity index (χ0) is 20.4. The molecule has 3 aromatic rings. The molecule has 0 saturated carbocycles. The van der Waals surface area contributed by atoms with Gasteiger partial charge in [-0.3, -0.25) is 9.36 Å². The van der Waals surface area contributed by atoms with Crippen molar-refractivity contribution in [2.45, 2.75) is 25.0 Å². The number of benzene rings is 1. The minimum Gasteiger partial charge on any atom is -0.446 e. The van der Waals surface area contributed by atoms with Gasteiger partial charge in [0.25, 0.3) is 0 Å². The van der Waals surface area contributed by atoms with Gasteiger partial charge in [0.2, 0.25) is 11.7 Å². The Morgan fingerprint density at radius 1 is 1.21 bits per heavy atom. The average Bonchev–Trinajstić information content (AvgIpc) is 3.23. The highest BCUT2D eigenvalue weighted by Gasteiger charge is 2.20. The number of amides is 1. The Labute approximate surface area is 189 Å². The predicted molar refractivity (Wildman–Crippen MR) is 117 cm³/mol. The summed E-state index contributed by atoms with van der Waals surface area (Å²) in [5.74, 6) is 1.04. The molecule has 0 aliphatic heterocycles. The monoisotopic (exact) mass is 522 g/mol. The summed E-state index contributed by atoms with van der Waals surface area (Å²) in [6.07, 6.45) is 0. The number of furan rings is 1. The lowest BCUT2D eigenvalue weighted by Crippen LogP contribution is -2.15. The Balaban J connectivity index is 1.73. The second-order valence-corrected chi connectivity index (χ2v) is 8.90. The number of aromatic nitrogens is 3. The molecule has 0 fully saturated rings. The summed E-state index contributed by atoms with van der Waals surface area (Å²) in [5.41, 5.74) is 0.396. The summed E-state index contributed by atoms with van der Waals surface area (Å²) in [6.45, 7) is 4.01. The van der Waals surface area contributed by atoms with Crippen molar-refractivity contribution in [2.75, 3.05) is 11.1 Å². The molecule has 0 aliphatic rings. The fourth-order valence-electron chi connectivity index (χ4n) is 2.38. The number of hydrogen-bond donors (Lipinski definition) is 1. The molecule has 2 aromatic heterocycles. The van der Waals surface area contributed by atoms with Crippen molar-refractivity contribution in [2.24, 2.45) is 0 Å². The quantitative estimate of drug-likeness (QED) is 0.292. The topological polar surface area (TPSA) is 73.0 Å². The van der Waals surface area contributed by atoms with E-state index >= 15 is 0 Å². The Bertz CT molecular complexity index is 1020. The molecule has 3 rings (SSSR count). The molecular weight excluding hydrogens is 511 g/mol. The van der Waals surface area contributed by atoms with E-state index in [1.54, 1.807) is 12.1 Å². The van der Waals surface area contributed by atoms with Crippen molar-refractivity contribution in [1.82, 2.24) is 14.8 Å². The largest absolute Gasteiger partial charge is 0.446 e. The summed E-state index contributed by atoms with van der Waals surface area (Å²) in [6, 6.07) is 6.66. The van der Waals surface area contributed by atoms with Crippen LogP contribution >= 0.6 is 62.5 Å². The summed E-state index contributed by atoms with van der Waals surface area (Å²) in [7, 11) is 0. The highest BCUT2D eigenvalue weighted by Crippen LogP contribution is 2.33. The van der Waals surface area contributed by atoms with E-state index in [9.17, 15) is 4.79 Å². The number of nitrogens with one attached hydrogen (secondary N) is 1. The minimum absolute atomic E-state index is 0.0731. The van der Waals surface area contributed by atoms with Crippen molar-refractivity contribution in [3.8, 4) is 11.6 Å². The Kier molecular flexibility index (Phi) is 6.98. The first-order chi connectivity index (χ1) is 13.3. The summed E-state index contributed by atoms with van der Waals surface area (Å²) in [5, 5.41) is 12.7. The molecular formula is C17H14BrCl3N4O2S. The van der Waals surface area contributed by atoms with Gasteiger partial charge in [0.1, 0.15) is 0 Å². The molecule has 0 atom stereocenters. The van der Waals surface area contributed by atoms with E-state index in [0.29, 0.717) is 42.2 Å². The van der Waals surface area contributed by atoms with Crippen LogP contribution in [0.25, 0.3) is 11.6 Å². The fraction of sp³-hybridized carbons (Fsp3) is 0.235. The van der Waals surface area contributed by atoms with Crippen molar-refractivity contribution in [3.63, 3.8) is 0 Å². The van der Waals surface area contributed by atoms with Crippen LogP contribution in [0.5, 0.6) is 0 Å². The molecule has 0 unspecified atom stereocenters. The maximum Gasteiger partial charge on any atom is 0.234 e. The second kappa shape index (κ2) is 9.09. The van der Waals surface area contributed by atoms with Crippen LogP contribution in [0, 0.1) is 0 Å². The van der Waals surface area contributed by atoms with Gasteiger partial charge in [0, 0.05) is 6.04 Å². The third-order valence-corrected chi connectivity index (χ3v) is 6.00. The standard InChI is InChI=1S/C17H14BrCl3N4O2S/c1-8(2)25-16(13-3-4-14(18)27-13)23-24-17(25)28-7-15(26)22-12-6-10(20)9(19)5-11(12)21/h3-6,8H,7H2,1-2H3,(H,22,26). The third kappa shape index (κ3) is 4.86. The molecule has 1 amide bonds. The van der Waals surface area contributed by atoms with Crippen LogP contribution in [0.2, 0.25) is 15.1 Å². The maximum atomic E-state index is 12.3. The zero-order valence-corrected chi connectivity index (χ0v) is 19.3. The maximum absolute atomic E-state index is 12.3. The van der Waals surface area contributed by atoms with Crippen LogP contribution in [-0.2, 0) is 4.79 Å². The Morgan fingerprint density at radius 3 is 2.57 bits per heavy atom. The molecule has 1 aromatic carbocycles. The van der Waals surface area contributed by atoms with Gasteiger partial charge in [0.15, 0.2) is 15.6 Å². The van der Waals surface area contributed by atoms with Crippen molar-refractivity contribution >= 4 is 74.1 Å². The molecule has 0 bridgehead atoms. The van der Waals surface area contributed by atoms with Crippen LogP contribution in [0.4, 0.5) is 5.69 Å². The molecule has 0 aliphatic carbocycles. The van der Waals surface area contributed by atoms with Crippen LogP contribution in [0.1, 0.15) is 19.9 Å². The van der Waals surface area contributed by atoms with Gasteiger partial charge in [-0.2, -0.15) is 0 Å². The van der Waals surface area contributed by atoms with Crippen LogP contribution in [0.15, 0.2) is 38.5 Å². The van der Waals surface area contributed by atoms with Gasteiger partial charge in [-0.05, 0) is 54.0 Å². The molecule has 6 nitrogen and oxygen atoms in total. The van der Waals surface area contributed by atoms with Gasteiger partial charge in [0.05, 0.1) is 26.5 Å². The number of nitrogens with zero attached hydrogens (tertiary/aromatic N) is 3. The van der Waals surface area contributed by atoms with Crippen LogP contribution in [0.3, 0.4) is 0 Å². The lowest BCUT2D eigenvalue weighted by molar-refractivity contribution is -0.113. The van der Waals surface area contributed by atoms with Gasteiger partial charge in [-0.25, -0.2) is 0 Å². The van der Waals surface area contributed by atoms with Crippen LogP contribution in [-0.4, -0.2) is 26.4 Å². The minimum atomic E-state index is -0.258. The molecule has 11 heteroatoms. The van der Waals surface area contributed by atoms with E-state index < -0.39 is 0 Å². The van der Waals surface area contributed by atoms with Crippen molar-refractivity contribution in [1.29, 1.82) is 0 Å². The highest BCUT2D eigenvalue weighted by atomic mass is 79.9. The van der Waals surface area contributed by atoms with Gasteiger partial charge in [-0.15, -0.1) is 10.2 Å². The summed E-state index contributed by atoms with van der Waals surface area (Å²) in [4.78, 5) is 12.3. The Morgan fingerprint density at radius 2 is 1.93 bits per heavy atom. The van der Waals surface area contributed by atoms with E-state index in [2.05, 4.69) is 31.4 Å². The molecule has 0 spiro atoms. The van der Waals surface area contributed by atoms with E-state index in [0.717, 1.165) is 0 Å². The number of anilines is 1. The number of carbonyl (C=O) groups is 1. The van der Waals surface area contributed by atoms with E-state index in [1.165, 1.54) is 23.9 Å². The SMILES string of the molecule is CC(C)n1c(SCC(=O)Nc2cc(Cl)c(Cl)cc2Cl)nnc1-c1ccc(Br)o1. The van der Waals surface area contributed by atoms with Crippen LogP contribution < -0.4 is 5.32 Å². The van der Waals surface area contributed by atoms with Gasteiger partial charge in [-0.1, -0.05) is 46.6 Å². The molecule has 148 valence electrons. The number of rotatable bonds is 6. The number of thioether (sulfide) groups is 1. The van der Waals surface area contributed by atoms with E-state index in [4.69, 9.17) is 39.2 Å². The van der Waals surface area contributed by atoms with E-state index in [1.807, 2.05) is 18.4 Å². The Hall–Kier alpha value is -1.19. The zero-order valence-electron chi connectivity index (χ0n) is 14.7. The van der Waals surface area contributed by atoms with Crippen molar-refractivity contribution < 1.29 is 9.21 Å². The highest BCUT2D eigenvalue weighted by molar-refractivity contribution is 9.10. The first-order valence-electron chi connectivity index (χ1n) is 8.04. The van der Waals surface area contributed by atoms with Gasteiger partial charge >= 0.3 is 0 Å².